The Labute approximate surface area is 309 Å². The molecule has 2 saturated heterocycles. The molecule has 4 aromatic rings. The molecule has 0 spiro atoms. The van der Waals surface area contributed by atoms with E-state index in [1.807, 2.05) is 6.07 Å². The summed E-state index contributed by atoms with van der Waals surface area (Å²) in [4.78, 5) is 27.7. The van der Waals surface area contributed by atoms with Crippen molar-refractivity contribution in [3.8, 4) is 22.3 Å². The maximum absolute atomic E-state index is 13.5. The summed E-state index contributed by atoms with van der Waals surface area (Å²) in [5.74, 6) is 0.347. The fourth-order valence-electron chi connectivity index (χ4n) is 7.74. The van der Waals surface area contributed by atoms with Gasteiger partial charge in [0.05, 0.1) is 18.8 Å². The van der Waals surface area contributed by atoms with Gasteiger partial charge in [0.1, 0.15) is 5.82 Å². The largest absolute Gasteiger partial charge is 0.383 e. The number of nitrogens with two attached hydrogens (primary N) is 1. The molecule has 3 fully saturated rings. The van der Waals surface area contributed by atoms with Crippen LogP contribution in [-0.4, -0.2) is 110 Å². The van der Waals surface area contributed by atoms with E-state index in [-0.39, 0.29) is 23.7 Å². The van der Waals surface area contributed by atoms with Gasteiger partial charge in [-0.2, -0.15) is 0 Å². The number of hydrogen-bond acceptors (Lipinski definition) is 8. The zero-order valence-electron chi connectivity index (χ0n) is 31.0. The van der Waals surface area contributed by atoms with Gasteiger partial charge in [-0.1, -0.05) is 79.2 Å². The van der Waals surface area contributed by atoms with Gasteiger partial charge in [0.2, 0.25) is 0 Å². The number of rotatable bonds is 12. The molecule has 274 valence electrons. The topological polar surface area (TPSA) is 90.2 Å². The molecule has 3 aliphatic rings. The summed E-state index contributed by atoms with van der Waals surface area (Å²) in [6.45, 7) is 12.1. The van der Waals surface area contributed by atoms with Crippen molar-refractivity contribution in [1.29, 1.82) is 0 Å². The lowest BCUT2D eigenvalue weighted by atomic mass is 10.0. The molecule has 2 atom stereocenters. The predicted molar refractivity (Wildman–Crippen MR) is 210 cm³/mol. The van der Waals surface area contributed by atoms with Gasteiger partial charge >= 0.3 is 0 Å². The van der Waals surface area contributed by atoms with Crippen LogP contribution in [0.4, 0.5) is 5.82 Å². The number of hydrogen-bond donors (Lipinski definition) is 2. The van der Waals surface area contributed by atoms with Gasteiger partial charge in [0.25, 0.3) is 5.91 Å². The lowest BCUT2D eigenvalue weighted by molar-refractivity contribution is 0.0742. The molecule has 9 nitrogen and oxygen atoms in total. The van der Waals surface area contributed by atoms with E-state index in [2.05, 4.69) is 117 Å². The lowest BCUT2D eigenvalue weighted by Crippen LogP contribution is -2.43. The Morgan fingerprint density at radius 2 is 1.21 bits per heavy atom. The molecule has 52 heavy (non-hydrogen) atoms. The molecule has 1 aromatic heterocycles. The standard InChI is InChI=1S/C43H55N7O2/c1-47-18-22-49(23-19-47)28-32-6-12-35(13-7-32)36-16-10-34(11-17-36)30-52-31-38-4-3-5-41(38)46-43(51)40-26-39(27-45-42(40)44)37-14-8-33(9-15-37)29-50-24-20-48(2)21-25-50/h6-17,26-27,38,41H,3-5,18-25,28-31H2,1-2H3,(H2,44,45)(H,46,51)/t38?,41-/m0/s1. The van der Waals surface area contributed by atoms with E-state index in [0.717, 1.165) is 101 Å². The summed E-state index contributed by atoms with van der Waals surface area (Å²) < 4.78 is 6.22. The highest BCUT2D eigenvalue weighted by molar-refractivity contribution is 5.99. The second-order valence-electron chi connectivity index (χ2n) is 15.2. The average Bonchev–Trinajstić information content (AvgIpc) is 3.61. The number of nitrogens with one attached hydrogen (secondary N) is 1. The van der Waals surface area contributed by atoms with E-state index >= 15 is 0 Å². The highest BCUT2D eigenvalue weighted by Gasteiger charge is 2.30. The number of benzene rings is 3. The number of carbonyl (C=O) groups excluding carboxylic acids is 1. The fourth-order valence-corrected chi connectivity index (χ4v) is 7.74. The van der Waals surface area contributed by atoms with Gasteiger partial charge in [0, 0.05) is 89.2 Å². The van der Waals surface area contributed by atoms with Crippen molar-refractivity contribution < 1.29 is 9.53 Å². The Hall–Kier alpha value is -4.12. The number of ether oxygens (including phenoxy) is 1. The van der Waals surface area contributed by atoms with Crippen molar-refractivity contribution in [2.45, 2.75) is 45.0 Å². The van der Waals surface area contributed by atoms with Crippen molar-refractivity contribution in [2.24, 2.45) is 5.92 Å². The number of nitrogens with zero attached hydrogens (tertiary/aromatic N) is 5. The van der Waals surface area contributed by atoms with Gasteiger partial charge in [-0.25, -0.2) is 4.98 Å². The molecule has 3 N–H and O–H groups in total. The predicted octanol–water partition coefficient (Wildman–Crippen LogP) is 5.61. The SMILES string of the molecule is CN1CCN(Cc2ccc(-c3ccc(COCC4CCC[C@@H]4NC(=O)c4cc(-c5ccc(CN6CCN(C)CC6)cc5)cnc4N)cc3)cc2)CC1. The molecule has 3 heterocycles. The van der Waals surface area contributed by atoms with Crippen molar-refractivity contribution in [1.82, 2.24) is 29.9 Å². The van der Waals surface area contributed by atoms with Gasteiger partial charge < -0.3 is 25.6 Å². The van der Waals surface area contributed by atoms with E-state index < -0.39 is 0 Å². The van der Waals surface area contributed by atoms with E-state index in [9.17, 15) is 4.79 Å². The van der Waals surface area contributed by atoms with Crippen molar-refractivity contribution in [3.05, 3.63) is 107 Å². The van der Waals surface area contributed by atoms with Crippen LogP contribution in [0.15, 0.2) is 85.1 Å². The lowest BCUT2D eigenvalue weighted by Gasteiger charge is -2.32. The first-order valence-corrected chi connectivity index (χ1v) is 19.1. The molecule has 1 saturated carbocycles. The second-order valence-corrected chi connectivity index (χ2v) is 15.2. The van der Waals surface area contributed by atoms with E-state index in [1.165, 1.54) is 22.3 Å². The molecule has 2 aliphatic heterocycles. The second kappa shape index (κ2) is 17.1. The Morgan fingerprint density at radius 3 is 1.75 bits per heavy atom. The summed E-state index contributed by atoms with van der Waals surface area (Å²) in [6.07, 6.45) is 4.79. The number of carbonyl (C=O) groups is 1. The van der Waals surface area contributed by atoms with Crippen LogP contribution < -0.4 is 11.1 Å². The van der Waals surface area contributed by atoms with Gasteiger partial charge in [-0.15, -0.1) is 0 Å². The third-order valence-corrected chi connectivity index (χ3v) is 11.3. The van der Waals surface area contributed by atoms with Crippen LogP contribution in [-0.2, 0) is 24.4 Å². The van der Waals surface area contributed by atoms with Gasteiger partial charge in [-0.3, -0.25) is 14.6 Å². The summed E-state index contributed by atoms with van der Waals surface area (Å²) in [5, 5.41) is 3.27. The average molecular weight is 702 g/mol. The van der Waals surface area contributed by atoms with E-state index in [1.54, 1.807) is 6.20 Å². The zero-order chi connectivity index (χ0) is 35.9. The summed E-state index contributed by atoms with van der Waals surface area (Å²) >= 11 is 0. The summed E-state index contributed by atoms with van der Waals surface area (Å²) in [6, 6.07) is 28.2. The maximum Gasteiger partial charge on any atom is 0.255 e. The third kappa shape index (κ3) is 9.45. The minimum Gasteiger partial charge on any atom is -0.383 e. The summed E-state index contributed by atoms with van der Waals surface area (Å²) in [7, 11) is 4.38. The maximum atomic E-state index is 13.5. The molecular weight excluding hydrogens is 647 g/mol. The number of likely N-dealkylation sites (N-methyl/N-ethyl adjacent to an activating group) is 2. The molecule has 0 radical (unpaired) electrons. The molecule has 1 aliphatic carbocycles. The molecule has 3 aromatic carbocycles. The smallest absolute Gasteiger partial charge is 0.255 e. The highest BCUT2D eigenvalue weighted by atomic mass is 16.5. The van der Waals surface area contributed by atoms with Crippen LogP contribution >= 0.6 is 0 Å². The van der Waals surface area contributed by atoms with Crippen LogP contribution in [0.5, 0.6) is 0 Å². The molecular formula is C43H55N7O2. The van der Waals surface area contributed by atoms with Crippen molar-refractivity contribution in [3.63, 3.8) is 0 Å². The zero-order valence-corrected chi connectivity index (χ0v) is 31.0. The number of piperazine rings is 2. The van der Waals surface area contributed by atoms with E-state index in [4.69, 9.17) is 10.5 Å². The van der Waals surface area contributed by atoms with Crippen molar-refractivity contribution >= 4 is 11.7 Å². The van der Waals surface area contributed by atoms with Crippen LogP contribution in [0.1, 0.15) is 46.3 Å². The fraction of sp³-hybridized carbons (Fsp3) is 0.442. The normalized spacial score (nSPS) is 20.7. The van der Waals surface area contributed by atoms with Crippen LogP contribution in [0.25, 0.3) is 22.3 Å². The molecule has 9 heteroatoms. The molecule has 7 rings (SSSR count). The molecule has 1 amide bonds. The first-order valence-electron chi connectivity index (χ1n) is 19.1. The van der Waals surface area contributed by atoms with Crippen LogP contribution in [0.2, 0.25) is 0 Å². The van der Waals surface area contributed by atoms with Crippen LogP contribution in [0.3, 0.4) is 0 Å². The molecule has 1 unspecified atom stereocenters. The monoisotopic (exact) mass is 701 g/mol. The van der Waals surface area contributed by atoms with Crippen LogP contribution in [0, 0.1) is 5.92 Å². The van der Waals surface area contributed by atoms with Crippen molar-refractivity contribution in [2.75, 3.05) is 78.8 Å². The Kier molecular flexibility index (Phi) is 11.9. The summed E-state index contributed by atoms with van der Waals surface area (Å²) in [5.41, 5.74) is 14.8. The first-order chi connectivity index (χ1) is 25.4. The third-order valence-electron chi connectivity index (χ3n) is 11.3. The Morgan fingerprint density at radius 1 is 0.712 bits per heavy atom. The van der Waals surface area contributed by atoms with E-state index in [0.29, 0.717) is 18.8 Å². The number of anilines is 1. The number of pyridine rings is 1. The minimum atomic E-state index is -0.168. The molecule has 0 bridgehead atoms. The number of amides is 1. The minimum absolute atomic E-state index is 0.0472. The Bertz CT molecular complexity index is 1750. The quantitative estimate of drug-likeness (QED) is 0.197. The Balaban J connectivity index is 0.881. The highest BCUT2D eigenvalue weighted by Crippen LogP contribution is 2.29. The first kappa shape index (κ1) is 36.2. The number of nitrogen functional groups attached to an aromatic ring is 1. The van der Waals surface area contributed by atoms with Gasteiger partial charge in [-0.05, 0) is 66.4 Å². The van der Waals surface area contributed by atoms with Gasteiger partial charge in [0.15, 0.2) is 0 Å². The number of aromatic nitrogens is 1.